The zero-order valence-electron chi connectivity index (χ0n) is 17.1. The number of carbonyl (C=O) groups excluding carboxylic acids is 3. The first-order chi connectivity index (χ1) is 15.3. The van der Waals surface area contributed by atoms with Crippen LogP contribution < -0.4 is 16.4 Å². The number of aliphatic carboxylic acids is 1. The Labute approximate surface area is 189 Å². The van der Waals surface area contributed by atoms with Crippen LogP contribution in [-0.2, 0) is 14.4 Å². The van der Waals surface area contributed by atoms with Crippen molar-refractivity contribution in [3.8, 4) is 0 Å². The number of rotatable bonds is 8. The molecule has 2 atom stereocenters. The molecule has 3 rings (SSSR count). The molecule has 0 spiro atoms. The van der Waals surface area contributed by atoms with Crippen molar-refractivity contribution in [1.82, 2.24) is 0 Å². The minimum Gasteiger partial charge on any atom is -0.481 e. The number of carbonyl (C=O) groups is 4. The number of amides is 3. The highest BCUT2D eigenvalue weighted by Gasteiger charge is 2.33. The fourth-order valence-corrected chi connectivity index (χ4v) is 4.09. The summed E-state index contributed by atoms with van der Waals surface area (Å²) in [5, 5.41) is 14.8. The van der Waals surface area contributed by atoms with E-state index in [2.05, 4.69) is 10.6 Å². The molecule has 0 bridgehead atoms. The molecule has 32 heavy (non-hydrogen) atoms. The molecule has 0 saturated heterocycles. The molecule has 2 aromatic rings. The van der Waals surface area contributed by atoms with Crippen molar-refractivity contribution in [2.75, 3.05) is 16.4 Å². The lowest BCUT2D eigenvalue weighted by Crippen LogP contribution is -2.34. The van der Waals surface area contributed by atoms with Gasteiger partial charge in [-0.25, -0.2) is 0 Å². The first-order valence-electron chi connectivity index (χ1n) is 9.95. The number of hydrogen-bond donors (Lipinski definition) is 4. The third-order valence-electron chi connectivity index (χ3n) is 5.04. The molecule has 1 aliphatic rings. The average Bonchev–Trinajstić information content (AvgIpc) is 2.78. The molecule has 9 heteroatoms. The molecule has 0 fully saturated rings. The van der Waals surface area contributed by atoms with E-state index in [1.54, 1.807) is 54.6 Å². The van der Waals surface area contributed by atoms with Crippen LogP contribution in [0.3, 0.4) is 0 Å². The summed E-state index contributed by atoms with van der Waals surface area (Å²) >= 11 is 1.29. The van der Waals surface area contributed by atoms with Crippen molar-refractivity contribution in [2.45, 2.75) is 17.7 Å². The summed E-state index contributed by atoms with van der Waals surface area (Å²) in [6.07, 6.45) is 4.35. The number of para-hydroxylation sites is 1. The Balaban J connectivity index is 1.53. The summed E-state index contributed by atoms with van der Waals surface area (Å²) in [6.45, 7) is 0. The second kappa shape index (κ2) is 10.6. The molecule has 3 amide bonds. The van der Waals surface area contributed by atoms with Crippen LogP contribution in [0.25, 0.3) is 0 Å². The Morgan fingerprint density at radius 1 is 0.938 bits per heavy atom. The summed E-state index contributed by atoms with van der Waals surface area (Å²) in [5.74, 6) is -3.43. The predicted octanol–water partition coefficient (Wildman–Crippen LogP) is 3.12. The second-order valence-electron chi connectivity index (χ2n) is 7.25. The predicted molar refractivity (Wildman–Crippen MR) is 122 cm³/mol. The largest absolute Gasteiger partial charge is 0.481 e. The molecule has 0 radical (unpaired) electrons. The number of carboxylic acid groups (broad SMARTS) is 1. The molecule has 0 aliphatic heterocycles. The van der Waals surface area contributed by atoms with E-state index in [9.17, 15) is 24.3 Å². The lowest BCUT2D eigenvalue weighted by atomic mass is 9.82. The molecule has 2 aromatic carbocycles. The van der Waals surface area contributed by atoms with Gasteiger partial charge in [-0.15, -0.1) is 11.8 Å². The summed E-state index contributed by atoms with van der Waals surface area (Å²) in [7, 11) is 0. The number of primary amides is 1. The van der Waals surface area contributed by atoms with Crippen LogP contribution >= 0.6 is 11.8 Å². The highest BCUT2D eigenvalue weighted by atomic mass is 32.2. The minimum atomic E-state index is -0.974. The Kier molecular flexibility index (Phi) is 7.67. The average molecular weight is 454 g/mol. The minimum absolute atomic E-state index is 0.119. The maximum atomic E-state index is 12.5. The molecule has 0 heterocycles. The van der Waals surface area contributed by atoms with Gasteiger partial charge in [0.15, 0.2) is 0 Å². The molecule has 0 aromatic heterocycles. The van der Waals surface area contributed by atoms with Crippen LogP contribution in [0.2, 0.25) is 0 Å². The Hall–Kier alpha value is -3.59. The third kappa shape index (κ3) is 5.98. The normalized spacial score (nSPS) is 17.4. The van der Waals surface area contributed by atoms with Crippen molar-refractivity contribution in [2.24, 2.45) is 17.6 Å². The standard InChI is InChI=1S/C23H23N3O5S/c24-21(28)18-7-3-4-8-19(18)26-20(27)13-32-15-11-9-14(10-12-15)25-22(29)16-5-1-2-6-17(16)23(30)31/h1-4,7-12,16-17H,5-6,13H2,(H2,24,28)(H,25,29)(H,26,27)(H,30,31). The van der Waals surface area contributed by atoms with Crippen LogP contribution in [0.5, 0.6) is 0 Å². The topological polar surface area (TPSA) is 139 Å². The zero-order valence-corrected chi connectivity index (χ0v) is 17.9. The monoisotopic (exact) mass is 453 g/mol. The van der Waals surface area contributed by atoms with Gasteiger partial charge >= 0.3 is 5.97 Å². The smallest absolute Gasteiger partial charge is 0.307 e. The fraction of sp³-hybridized carbons (Fsp3) is 0.217. The molecule has 5 N–H and O–H groups in total. The van der Waals surface area contributed by atoms with E-state index in [0.29, 0.717) is 24.2 Å². The summed E-state index contributed by atoms with van der Waals surface area (Å²) in [4.78, 5) is 48.4. The third-order valence-corrected chi connectivity index (χ3v) is 6.06. The van der Waals surface area contributed by atoms with E-state index in [0.717, 1.165) is 4.90 Å². The van der Waals surface area contributed by atoms with E-state index in [1.165, 1.54) is 11.8 Å². The van der Waals surface area contributed by atoms with E-state index >= 15 is 0 Å². The van der Waals surface area contributed by atoms with Crippen molar-refractivity contribution in [3.63, 3.8) is 0 Å². The van der Waals surface area contributed by atoms with Gasteiger partial charge < -0.3 is 21.5 Å². The van der Waals surface area contributed by atoms with Crippen LogP contribution in [-0.4, -0.2) is 34.6 Å². The van der Waals surface area contributed by atoms with Crippen molar-refractivity contribution in [1.29, 1.82) is 0 Å². The van der Waals surface area contributed by atoms with Crippen LogP contribution in [0.4, 0.5) is 11.4 Å². The number of hydrogen-bond acceptors (Lipinski definition) is 5. The first kappa shape index (κ1) is 23.1. The van der Waals surface area contributed by atoms with E-state index in [-0.39, 0.29) is 23.1 Å². The Morgan fingerprint density at radius 3 is 2.25 bits per heavy atom. The number of thioether (sulfide) groups is 1. The molecule has 0 saturated carbocycles. The van der Waals surface area contributed by atoms with Gasteiger partial charge in [0.25, 0.3) is 5.91 Å². The number of anilines is 2. The zero-order chi connectivity index (χ0) is 23.1. The molecule has 2 unspecified atom stereocenters. The highest BCUT2D eigenvalue weighted by Crippen LogP contribution is 2.28. The lowest BCUT2D eigenvalue weighted by molar-refractivity contribution is -0.146. The van der Waals surface area contributed by atoms with Crippen LogP contribution in [0.15, 0.2) is 65.6 Å². The maximum Gasteiger partial charge on any atom is 0.307 e. The number of nitrogens with two attached hydrogens (primary N) is 1. The number of carboxylic acids is 1. The molecule has 166 valence electrons. The van der Waals surface area contributed by atoms with Crippen LogP contribution in [0.1, 0.15) is 23.2 Å². The number of benzene rings is 2. The lowest BCUT2D eigenvalue weighted by Gasteiger charge is -2.24. The molecular weight excluding hydrogens is 430 g/mol. The first-order valence-corrected chi connectivity index (χ1v) is 10.9. The van der Waals surface area contributed by atoms with Gasteiger partial charge in [-0.1, -0.05) is 24.3 Å². The van der Waals surface area contributed by atoms with Crippen molar-refractivity contribution < 1.29 is 24.3 Å². The van der Waals surface area contributed by atoms with Crippen molar-refractivity contribution >= 4 is 46.8 Å². The van der Waals surface area contributed by atoms with Gasteiger partial charge in [0.2, 0.25) is 11.8 Å². The SMILES string of the molecule is NC(=O)c1ccccc1NC(=O)CSc1ccc(NC(=O)C2CC=CCC2C(=O)O)cc1. The fourth-order valence-electron chi connectivity index (χ4n) is 3.39. The maximum absolute atomic E-state index is 12.5. The van der Waals surface area contributed by atoms with E-state index in [4.69, 9.17) is 5.73 Å². The molecule has 1 aliphatic carbocycles. The molecule has 8 nitrogen and oxygen atoms in total. The van der Waals surface area contributed by atoms with Gasteiger partial charge in [0.05, 0.1) is 28.8 Å². The van der Waals surface area contributed by atoms with Gasteiger partial charge in [0.1, 0.15) is 0 Å². The molecular formula is C23H23N3O5S. The summed E-state index contributed by atoms with van der Waals surface area (Å²) < 4.78 is 0. The highest BCUT2D eigenvalue weighted by molar-refractivity contribution is 8.00. The van der Waals surface area contributed by atoms with E-state index in [1.807, 2.05) is 6.08 Å². The quantitative estimate of drug-likeness (QED) is 0.358. The van der Waals surface area contributed by atoms with Crippen LogP contribution in [0, 0.1) is 11.8 Å². The van der Waals surface area contributed by atoms with E-state index < -0.39 is 23.7 Å². The summed E-state index contributed by atoms with van der Waals surface area (Å²) in [6, 6.07) is 13.4. The van der Waals surface area contributed by atoms with Gasteiger partial charge in [-0.3, -0.25) is 19.2 Å². The number of nitrogens with one attached hydrogen (secondary N) is 2. The second-order valence-corrected chi connectivity index (χ2v) is 8.30. The Morgan fingerprint density at radius 2 is 1.59 bits per heavy atom. The Bertz CT molecular complexity index is 1050. The summed E-state index contributed by atoms with van der Waals surface area (Å²) in [5.41, 5.74) is 6.47. The van der Waals surface area contributed by atoms with Gasteiger partial charge in [-0.2, -0.15) is 0 Å². The van der Waals surface area contributed by atoms with Gasteiger partial charge in [-0.05, 0) is 49.2 Å². The van der Waals surface area contributed by atoms with Crippen molar-refractivity contribution in [3.05, 3.63) is 66.2 Å². The number of allylic oxidation sites excluding steroid dienone is 2. The van der Waals surface area contributed by atoms with Gasteiger partial charge in [0, 0.05) is 10.6 Å².